The Bertz CT molecular complexity index is 762. The van der Waals surface area contributed by atoms with Crippen LogP contribution in [0.5, 0.6) is 0 Å². The van der Waals surface area contributed by atoms with Crippen LogP contribution >= 0.6 is 0 Å². The van der Waals surface area contributed by atoms with Crippen molar-refractivity contribution in [2.75, 3.05) is 0 Å². The second kappa shape index (κ2) is 5.17. The fraction of sp³-hybridized carbons (Fsp3) is 0.125. The van der Waals surface area contributed by atoms with E-state index < -0.39 is 5.97 Å². The molecule has 0 spiro atoms. The van der Waals surface area contributed by atoms with Crippen LogP contribution in [0.1, 0.15) is 12.0 Å². The van der Waals surface area contributed by atoms with E-state index in [2.05, 4.69) is 5.10 Å². The molecule has 100 valence electrons. The molecule has 1 N–H and O–H groups in total. The van der Waals surface area contributed by atoms with Gasteiger partial charge in [0.1, 0.15) is 0 Å². The van der Waals surface area contributed by atoms with E-state index in [1.54, 1.807) is 0 Å². The molecule has 1 heterocycles. The summed E-state index contributed by atoms with van der Waals surface area (Å²) < 4.78 is 1.87. The summed E-state index contributed by atoms with van der Waals surface area (Å²) in [6.45, 7) is 0. The molecule has 0 amide bonds. The van der Waals surface area contributed by atoms with E-state index in [4.69, 9.17) is 5.11 Å². The van der Waals surface area contributed by atoms with Gasteiger partial charge in [0.25, 0.3) is 0 Å². The lowest BCUT2D eigenvalue weighted by atomic mass is 10.1. The van der Waals surface area contributed by atoms with Gasteiger partial charge >= 0.3 is 5.97 Å². The molecule has 0 aliphatic rings. The second-order valence-electron chi connectivity index (χ2n) is 4.68. The van der Waals surface area contributed by atoms with Crippen LogP contribution in [0.25, 0.3) is 16.6 Å². The van der Waals surface area contributed by atoms with Gasteiger partial charge in [-0.3, -0.25) is 4.79 Å². The molecule has 0 fully saturated rings. The standard InChI is InChI=1S/C16H14N2O2/c19-16(20)9-8-12-4-3-6-14(10-12)18-15-7-2-1-5-13(15)11-17-18/h1-7,10-11H,8-9H2,(H,19,20). The summed E-state index contributed by atoms with van der Waals surface area (Å²) in [6, 6.07) is 15.8. The number of carboxylic acids is 1. The lowest BCUT2D eigenvalue weighted by molar-refractivity contribution is -0.136. The molecule has 0 unspecified atom stereocenters. The Morgan fingerprint density at radius 3 is 2.85 bits per heavy atom. The van der Waals surface area contributed by atoms with Gasteiger partial charge in [-0.2, -0.15) is 5.10 Å². The zero-order valence-corrected chi connectivity index (χ0v) is 10.9. The molecule has 20 heavy (non-hydrogen) atoms. The van der Waals surface area contributed by atoms with Crippen LogP contribution in [0.4, 0.5) is 0 Å². The van der Waals surface area contributed by atoms with Gasteiger partial charge in [-0.25, -0.2) is 4.68 Å². The zero-order valence-electron chi connectivity index (χ0n) is 10.9. The number of carboxylic acid groups (broad SMARTS) is 1. The van der Waals surface area contributed by atoms with Crippen molar-refractivity contribution < 1.29 is 9.90 Å². The number of nitrogens with zero attached hydrogens (tertiary/aromatic N) is 2. The third-order valence-electron chi connectivity index (χ3n) is 3.26. The molecule has 0 saturated carbocycles. The highest BCUT2D eigenvalue weighted by Crippen LogP contribution is 2.19. The second-order valence-corrected chi connectivity index (χ2v) is 4.68. The van der Waals surface area contributed by atoms with E-state index >= 15 is 0 Å². The lowest BCUT2D eigenvalue weighted by Gasteiger charge is -2.06. The molecule has 0 bridgehead atoms. The smallest absolute Gasteiger partial charge is 0.303 e. The van der Waals surface area contributed by atoms with Crippen LogP contribution in [0, 0.1) is 0 Å². The Morgan fingerprint density at radius 2 is 2.00 bits per heavy atom. The van der Waals surface area contributed by atoms with E-state index in [9.17, 15) is 4.79 Å². The zero-order chi connectivity index (χ0) is 13.9. The highest BCUT2D eigenvalue weighted by molar-refractivity contribution is 5.80. The van der Waals surface area contributed by atoms with Crippen molar-refractivity contribution in [2.24, 2.45) is 0 Å². The topological polar surface area (TPSA) is 55.1 Å². The fourth-order valence-electron chi connectivity index (χ4n) is 2.27. The van der Waals surface area contributed by atoms with Gasteiger partial charge in [0.05, 0.1) is 17.4 Å². The Morgan fingerprint density at radius 1 is 1.15 bits per heavy atom. The maximum absolute atomic E-state index is 10.6. The SMILES string of the molecule is O=C(O)CCc1cccc(-n2ncc3ccccc32)c1. The predicted octanol–water partition coefficient (Wildman–Crippen LogP) is 3.04. The van der Waals surface area contributed by atoms with E-state index in [-0.39, 0.29) is 6.42 Å². The number of aryl methyl sites for hydroxylation is 1. The first-order chi connectivity index (χ1) is 9.74. The Kier molecular flexibility index (Phi) is 3.21. The minimum absolute atomic E-state index is 0.142. The van der Waals surface area contributed by atoms with Crippen LogP contribution in [0.15, 0.2) is 54.7 Å². The van der Waals surface area contributed by atoms with Gasteiger partial charge in [-0.05, 0) is 30.2 Å². The van der Waals surface area contributed by atoms with Crippen LogP contribution < -0.4 is 0 Å². The number of carbonyl (C=O) groups is 1. The van der Waals surface area contributed by atoms with E-state index in [0.717, 1.165) is 22.2 Å². The highest BCUT2D eigenvalue weighted by Gasteiger charge is 2.05. The molecular weight excluding hydrogens is 252 g/mol. The molecule has 3 aromatic rings. The van der Waals surface area contributed by atoms with Crippen molar-refractivity contribution in [3.05, 3.63) is 60.3 Å². The van der Waals surface area contributed by atoms with Gasteiger partial charge in [-0.15, -0.1) is 0 Å². The summed E-state index contributed by atoms with van der Waals surface area (Å²) in [5, 5.41) is 14.2. The van der Waals surface area contributed by atoms with Crippen molar-refractivity contribution in [3.63, 3.8) is 0 Å². The first kappa shape index (κ1) is 12.4. The average molecular weight is 266 g/mol. The highest BCUT2D eigenvalue weighted by atomic mass is 16.4. The maximum Gasteiger partial charge on any atom is 0.303 e. The minimum atomic E-state index is -0.778. The maximum atomic E-state index is 10.6. The van der Waals surface area contributed by atoms with Crippen LogP contribution in [0.3, 0.4) is 0 Å². The first-order valence-electron chi connectivity index (χ1n) is 6.48. The first-order valence-corrected chi connectivity index (χ1v) is 6.48. The molecular formula is C16H14N2O2. The number of rotatable bonds is 4. The van der Waals surface area contributed by atoms with Gasteiger partial charge in [-0.1, -0.05) is 30.3 Å². The van der Waals surface area contributed by atoms with Gasteiger partial charge in [0.15, 0.2) is 0 Å². The lowest BCUT2D eigenvalue weighted by Crippen LogP contribution is -2.00. The molecule has 0 saturated heterocycles. The number of para-hydroxylation sites is 1. The number of hydrogen-bond donors (Lipinski definition) is 1. The normalized spacial score (nSPS) is 10.8. The number of hydrogen-bond acceptors (Lipinski definition) is 2. The Balaban J connectivity index is 1.97. The van der Waals surface area contributed by atoms with Crippen molar-refractivity contribution in [2.45, 2.75) is 12.8 Å². The number of fused-ring (bicyclic) bond motifs is 1. The third-order valence-corrected chi connectivity index (χ3v) is 3.26. The summed E-state index contributed by atoms with van der Waals surface area (Å²) in [6.07, 6.45) is 2.50. The van der Waals surface area contributed by atoms with E-state index in [0.29, 0.717) is 6.42 Å². The quantitative estimate of drug-likeness (QED) is 0.789. The molecule has 0 atom stereocenters. The van der Waals surface area contributed by atoms with Gasteiger partial charge in [0, 0.05) is 11.8 Å². The molecule has 2 aromatic carbocycles. The number of benzene rings is 2. The molecule has 0 aliphatic heterocycles. The average Bonchev–Trinajstić information content (AvgIpc) is 2.89. The van der Waals surface area contributed by atoms with Gasteiger partial charge in [0.2, 0.25) is 0 Å². The molecule has 0 aliphatic carbocycles. The molecule has 1 aromatic heterocycles. The van der Waals surface area contributed by atoms with Crippen molar-refractivity contribution >= 4 is 16.9 Å². The number of aliphatic carboxylic acids is 1. The largest absolute Gasteiger partial charge is 0.481 e. The monoisotopic (exact) mass is 266 g/mol. The van der Waals surface area contributed by atoms with Crippen molar-refractivity contribution in [1.82, 2.24) is 9.78 Å². The predicted molar refractivity (Wildman–Crippen MR) is 77.0 cm³/mol. The Hall–Kier alpha value is -2.62. The number of aromatic nitrogens is 2. The summed E-state index contributed by atoms with van der Waals surface area (Å²) in [4.78, 5) is 10.6. The van der Waals surface area contributed by atoms with Crippen LogP contribution in [-0.2, 0) is 11.2 Å². The fourth-order valence-corrected chi connectivity index (χ4v) is 2.27. The molecule has 4 heteroatoms. The third kappa shape index (κ3) is 2.40. The minimum Gasteiger partial charge on any atom is -0.481 e. The summed E-state index contributed by atoms with van der Waals surface area (Å²) in [5.74, 6) is -0.778. The van der Waals surface area contributed by atoms with Gasteiger partial charge < -0.3 is 5.11 Å². The van der Waals surface area contributed by atoms with E-state index in [1.165, 1.54) is 0 Å². The van der Waals surface area contributed by atoms with Crippen molar-refractivity contribution in [3.8, 4) is 5.69 Å². The molecule has 4 nitrogen and oxygen atoms in total. The molecule has 0 radical (unpaired) electrons. The Labute approximate surface area is 116 Å². The summed E-state index contributed by atoms with van der Waals surface area (Å²) >= 11 is 0. The van der Waals surface area contributed by atoms with E-state index in [1.807, 2.05) is 59.4 Å². The summed E-state index contributed by atoms with van der Waals surface area (Å²) in [5.41, 5.74) is 3.00. The van der Waals surface area contributed by atoms with Crippen LogP contribution in [0.2, 0.25) is 0 Å². The van der Waals surface area contributed by atoms with Crippen LogP contribution in [-0.4, -0.2) is 20.9 Å². The van der Waals surface area contributed by atoms with Crippen molar-refractivity contribution in [1.29, 1.82) is 0 Å². The summed E-state index contributed by atoms with van der Waals surface area (Å²) in [7, 11) is 0. The molecule has 3 rings (SSSR count).